The summed E-state index contributed by atoms with van der Waals surface area (Å²) in [6.07, 6.45) is 5.24. The highest BCUT2D eigenvalue weighted by molar-refractivity contribution is 4.53. The minimum absolute atomic E-state index is 0.443. The van der Waals surface area contributed by atoms with Gasteiger partial charge in [0, 0.05) is 12.6 Å². The van der Waals surface area contributed by atoms with Gasteiger partial charge in [-0.1, -0.05) is 27.2 Å². The van der Waals surface area contributed by atoms with Gasteiger partial charge in [-0.3, -0.25) is 0 Å². The first kappa shape index (κ1) is 13.9. The van der Waals surface area contributed by atoms with Gasteiger partial charge < -0.3 is 10.1 Å². The summed E-state index contributed by atoms with van der Waals surface area (Å²) in [6, 6.07) is 0.606. The first-order chi connectivity index (χ1) is 6.66. The maximum absolute atomic E-state index is 5.66. The second-order valence-electron chi connectivity index (χ2n) is 4.29. The molecule has 0 saturated carbocycles. The summed E-state index contributed by atoms with van der Waals surface area (Å²) in [6.45, 7) is 10.8. The number of ether oxygens (including phenoxy) is 1. The van der Waals surface area contributed by atoms with Crippen LogP contribution < -0.4 is 5.32 Å². The van der Waals surface area contributed by atoms with E-state index in [1.807, 2.05) is 0 Å². The molecule has 86 valence electrons. The fraction of sp³-hybridized carbons (Fsp3) is 1.00. The first-order valence-corrected chi connectivity index (χ1v) is 6.01. The molecule has 0 aromatic carbocycles. The fourth-order valence-corrected chi connectivity index (χ4v) is 1.39. The zero-order valence-electron chi connectivity index (χ0n) is 10.3. The van der Waals surface area contributed by atoms with Crippen LogP contribution in [0.25, 0.3) is 0 Å². The Morgan fingerprint density at radius 2 is 1.86 bits per heavy atom. The topological polar surface area (TPSA) is 21.3 Å². The molecule has 0 rings (SSSR count). The summed E-state index contributed by atoms with van der Waals surface area (Å²) in [5.41, 5.74) is 0. The average molecular weight is 201 g/mol. The van der Waals surface area contributed by atoms with E-state index < -0.39 is 0 Å². The SMILES string of the molecule is CCCC(C)OCCCCNC(C)C. The van der Waals surface area contributed by atoms with Gasteiger partial charge in [-0.05, 0) is 32.7 Å². The monoisotopic (exact) mass is 201 g/mol. The average Bonchev–Trinajstić information content (AvgIpc) is 2.11. The second kappa shape index (κ2) is 9.47. The molecule has 0 aliphatic heterocycles. The fourth-order valence-electron chi connectivity index (χ4n) is 1.39. The zero-order valence-corrected chi connectivity index (χ0v) is 10.3. The van der Waals surface area contributed by atoms with Gasteiger partial charge in [0.1, 0.15) is 0 Å². The lowest BCUT2D eigenvalue weighted by molar-refractivity contribution is 0.0573. The van der Waals surface area contributed by atoms with Gasteiger partial charge in [-0.15, -0.1) is 0 Å². The van der Waals surface area contributed by atoms with Crippen molar-refractivity contribution >= 4 is 0 Å². The van der Waals surface area contributed by atoms with Crippen molar-refractivity contribution in [3.8, 4) is 0 Å². The Kier molecular flexibility index (Phi) is 9.42. The lowest BCUT2D eigenvalue weighted by Crippen LogP contribution is -2.23. The molecular weight excluding hydrogens is 174 g/mol. The molecule has 0 radical (unpaired) electrons. The third-order valence-electron chi connectivity index (χ3n) is 2.22. The van der Waals surface area contributed by atoms with Crippen molar-refractivity contribution in [1.82, 2.24) is 5.32 Å². The van der Waals surface area contributed by atoms with Crippen LogP contribution in [-0.4, -0.2) is 25.3 Å². The Bertz CT molecular complexity index is 115. The number of hydrogen-bond acceptors (Lipinski definition) is 2. The number of rotatable bonds is 9. The van der Waals surface area contributed by atoms with E-state index in [2.05, 4.69) is 33.0 Å². The van der Waals surface area contributed by atoms with Gasteiger partial charge >= 0.3 is 0 Å². The molecule has 0 bridgehead atoms. The molecule has 14 heavy (non-hydrogen) atoms. The molecule has 0 aliphatic carbocycles. The Morgan fingerprint density at radius 1 is 1.14 bits per heavy atom. The Labute approximate surface area is 89.4 Å². The van der Waals surface area contributed by atoms with Gasteiger partial charge in [0.25, 0.3) is 0 Å². The van der Waals surface area contributed by atoms with Crippen molar-refractivity contribution in [2.24, 2.45) is 0 Å². The predicted molar refractivity (Wildman–Crippen MR) is 62.7 cm³/mol. The molecule has 0 fully saturated rings. The summed E-state index contributed by atoms with van der Waals surface area (Å²) < 4.78 is 5.66. The third kappa shape index (κ3) is 10.0. The molecule has 0 saturated heterocycles. The molecule has 0 heterocycles. The Balaban J connectivity index is 3.05. The second-order valence-corrected chi connectivity index (χ2v) is 4.29. The third-order valence-corrected chi connectivity index (χ3v) is 2.22. The van der Waals surface area contributed by atoms with Gasteiger partial charge in [-0.2, -0.15) is 0 Å². The van der Waals surface area contributed by atoms with E-state index in [4.69, 9.17) is 4.74 Å². The molecule has 0 spiro atoms. The molecule has 0 aromatic rings. The predicted octanol–water partition coefficient (Wildman–Crippen LogP) is 2.97. The molecule has 0 aromatic heterocycles. The van der Waals surface area contributed by atoms with Gasteiger partial charge in [0.15, 0.2) is 0 Å². The molecule has 0 aliphatic rings. The van der Waals surface area contributed by atoms with Crippen LogP contribution in [0.4, 0.5) is 0 Å². The van der Waals surface area contributed by atoms with E-state index in [-0.39, 0.29) is 0 Å². The molecule has 2 heteroatoms. The van der Waals surface area contributed by atoms with Crippen LogP contribution in [0.15, 0.2) is 0 Å². The van der Waals surface area contributed by atoms with Crippen molar-refractivity contribution in [1.29, 1.82) is 0 Å². The summed E-state index contributed by atoms with van der Waals surface area (Å²) in [5, 5.41) is 3.40. The van der Waals surface area contributed by atoms with Crippen molar-refractivity contribution in [2.45, 2.75) is 65.5 Å². The molecular formula is C12H27NO. The zero-order chi connectivity index (χ0) is 10.8. The highest BCUT2D eigenvalue weighted by Crippen LogP contribution is 2.01. The Hall–Kier alpha value is -0.0800. The van der Waals surface area contributed by atoms with E-state index in [0.29, 0.717) is 12.1 Å². The van der Waals surface area contributed by atoms with Crippen LogP contribution in [0, 0.1) is 0 Å². The van der Waals surface area contributed by atoms with E-state index >= 15 is 0 Å². The standard InChI is InChI=1S/C12H27NO/c1-5-8-12(4)14-10-7-6-9-13-11(2)3/h11-13H,5-10H2,1-4H3. The summed E-state index contributed by atoms with van der Waals surface area (Å²) >= 11 is 0. The lowest BCUT2D eigenvalue weighted by Gasteiger charge is -2.12. The first-order valence-electron chi connectivity index (χ1n) is 6.01. The van der Waals surface area contributed by atoms with Crippen molar-refractivity contribution in [2.75, 3.05) is 13.2 Å². The van der Waals surface area contributed by atoms with E-state index in [9.17, 15) is 0 Å². The molecule has 0 amide bonds. The van der Waals surface area contributed by atoms with Gasteiger partial charge in [0.05, 0.1) is 6.10 Å². The van der Waals surface area contributed by atoms with Crippen molar-refractivity contribution in [3.63, 3.8) is 0 Å². The normalized spacial score (nSPS) is 13.5. The van der Waals surface area contributed by atoms with Crippen LogP contribution in [-0.2, 0) is 4.74 Å². The molecule has 1 atom stereocenters. The van der Waals surface area contributed by atoms with E-state index in [0.717, 1.165) is 13.2 Å². The van der Waals surface area contributed by atoms with Crippen molar-refractivity contribution < 1.29 is 4.74 Å². The quantitative estimate of drug-likeness (QED) is 0.579. The maximum Gasteiger partial charge on any atom is 0.0546 e. The number of nitrogens with one attached hydrogen (secondary N) is 1. The Morgan fingerprint density at radius 3 is 2.43 bits per heavy atom. The van der Waals surface area contributed by atoms with Crippen LogP contribution in [0.3, 0.4) is 0 Å². The number of hydrogen-bond donors (Lipinski definition) is 1. The molecule has 1 unspecified atom stereocenters. The molecule has 2 nitrogen and oxygen atoms in total. The lowest BCUT2D eigenvalue weighted by atomic mass is 10.2. The number of unbranched alkanes of at least 4 members (excludes halogenated alkanes) is 1. The highest BCUT2D eigenvalue weighted by Gasteiger charge is 1.99. The van der Waals surface area contributed by atoms with Gasteiger partial charge in [-0.25, -0.2) is 0 Å². The highest BCUT2D eigenvalue weighted by atomic mass is 16.5. The maximum atomic E-state index is 5.66. The largest absolute Gasteiger partial charge is 0.379 e. The minimum Gasteiger partial charge on any atom is -0.379 e. The van der Waals surface area contributed by atoms with Crippen LogP contribution in [0.1, 0.15) is 53.4 Å². The van der Waals surface area contributed by atoms with Crippen molar-refractivity contribution in [3.05, 3.63) is 0 Å². The minimum atomic E-state index is 0.443. The van der Waals surface area contributed by atoms with E-state index in [1.165, 1.54) is 25.7 Å². The molecule has 1 N–H and O–H groups in total. The smallest absolute Gasteiger partial charge is 0.0546 e. The van der Waals surface area contributed by atoms with Crippen LogP contribution >= 0.6 is 0 Å². The van der Waals surface area contributed by atoms with E-state index in [1.54, 1.807) is 0 Å². The van der Waals surface area contributed by atoms with Crippen LogP contribution in [0.2, 0.25) is 0 Å². The summed E-state index contributed by atoms with van der Waals surface area (Å²) in [7, 11) is 0. The van der Waals surface area contributed by atoms with Gasteiger partial charge in [0.2, 0.25) is 0 Å². The van der Waals surface area contributed by atoms with Crippen LogP contribution in [0.5, 0.6) is 0 Å². The summed E-state index contributed by atoms with van der Waals surface area (Å²) in [4.78, 5) is 0. The summed E-state index contributed by atoms with van der Waals surface area (Å²) in [5.74, 6) is 0.